The minimum Gasteiger partial charge on any atom is -0.326 e. The second-order valence-corrected chi connectivity index (χ2v) is 9.34. The molecule has 3 nitrogen and oxygen atoms in total. The first-order valence-electron chi connectivity index (χ1n) is 9.26. The average molecular weight is 515 g/mol. The van der Waals surface area contributed by atoms with Gasteiger partial charge in [-0.25, -0.2) is 8.78 Å². The first kappa shape index (κ1) is 24.7. The van der Waals surface area contributed by atoms with E-state index < -0.39 is 64.1 Å². The molecule has 2 aromatic rings. The first-order chi connectivity index (χ1) is 14.7. The molecule has 0 saturated heterocycles. The van der Waals surface area contributed by atoms with Crippen LogP contribution < -0.4 is 5.32 Å². The zero-order valence-corrected chi connectivity index (χ0v) is 18.6. The molecule has 172 valence electrons. The lowest BCUT2D eigenvalue weighted by Crippen LogP contribution is -2.18. The molecule has 0 radical (unpaired) electrons. The van der Waals surface area contributed by atoms with E-state index in [-0.39, 0.29) is 16.3 Å². The van der Waals surface area contributed by atoms with Gasteiger partial charge in [0, 0.05) is 18.0 Å². The molecule has 0 aromatic heterocycles. The van der Waals surface area contributed by atoms with Crippen molar-refractivity contribution < 1.29 is 31.5 Å². The van der Waals surface area contributed by atoms with Crippen LogP contribution in [0.5, 0.6) is 0 Å². The highest BCUT2D eigenvalue weighted by Gasteiger charge is 2.67. The van der Waals surface area contributed by atoms with Gasteiger partial charge < -0.3 is 5.32 Å². The predicted molar refractivity (Wildman–Crippen MR) is 111 cm³/mol. The van der Waals surface area contributed by atoms with Gasteiger partial charge in [0.05, 0.1) is 22.9 Å². The summed E-state index contributed by atoms with van der Waals surface area (Å²) in [4.78, 5) is 24.9. The lowest BCUT2D eigenvalue weighted by Gasteiger charge is -2.11. The molecule has 1 saturated carbocycles. The van der Waals surface area contributed by atoms with E-state index in [4.69, 9.17) is 34.8 Å². The summed E-state index contributed by atoms with van der Waals surface area (Å²) in [5.74, 6) is -5.02. The van der Waals surface area contributed by atoms with E-state index in [0.29, 0.717) is 5.56 Å². The van der Waals surface area contributed by atoms with Crippen molar-refractivity contribution in [3.05, 3.63) is 63.7 Å². The van der Waals surface area contributed by atoms with Gasteiger partial charge >= 0.3 is 6.18 Å². The molecule has 1 aliphatic rings. The van der Waals surface area contributed by atoms with Gasteiger partial charge in [0.15, 0.2) is 5.78 Å². The van der Waals surface area contributed by atoms with Crippen LogP contribution in [0.25, 0.3) is 0 Å². The summed E-state index contributed by atoms with van der Waals surface area (Å²) in [5.41, 5.74) is -0.180. The number of nitrogens with one attached hydrogen (secondary N) is 1. The molecule has 3 rings (SSSR count). The molecule has 1 N–H and O–H groups in total. The Bertz CT molecular complexity index is 1090. The predicted octanol–water partition coefficient (Wildman–Crippen LogP) is 6.98. The third-order valence-corrected chi connectivity index (χ3v) is 6.33. The Hall–Kier alpha value is -1.90. The van der Waals surface area contributed by atoms with Gasteiger partial charge in [0.1, 0.15) is 16.0 Å². The monoisotopic (exact) mass is 513 g/mol. The summed E-state index contributed by atoms with van der Waals surface area (Å²) in [5, 5.41) is 2.29. The Labute approximate surface area is 194 Å². The summed E-state index contributed by atoms with van der Waals surface area (Å²) in [6.45, 7) is 1.30. The third-order valence-electron chi connectivity index (χ3n) is 5.10. The highest BCUT2D eigenvalue weighted by atomic mass is 35.5. The summed E-state index contributed by atoms with van der Waals surface area (Å²) < 4.78 is 63.4. The van der Waals surface area contributed by atoms with E-state index in [1.54, 1.807) is 0 Å². The number of benzene rings is 2. The second-order valence-electron chi connectivity index (χ2n) is 7.49. The van der Waals surface area contributed by atoms with Gasteiger partial charge in [0.25, 0.3) is 0 Å². The van der Waals surface area contributed by atoms with Gasteiger partial charge in [0.2, 0.25) is 5.91 Å². The lowest BCUT2D eigenvalue weighted by molar-refractivity contribution is -0.133. The molecule has 0 aliphatic heterocycles. The summed E-state index contributed by atoms with van der Waals surface area (Å²) >= 11 is 18.2. The number of hydrogen-bond acceptors (Lipinski definition) is 2. The number of aryl methyl sites for hydroxylation is 1. The zero-order chi connectivity index (χ0) is 24.0. The largest absolute Gasteiger partial charge is 0.389 e. The molecular weight excluding hydrogens is 500 g/mol. The van der Waals surface area contributed by atoms with Crippen molar-refractivity contribution >= 4 is 52.2 Å². The fourth-order valence-electron chi connectivity index (χ4n) is 3.43. The molecule has 2 aromatic carbocycles. The van der Waals surface area contributed by atoms with Crippen molar-refractivity contribution in [2.75, 3.05) is 5.32 Å². The fraction of sp³-hybridized carbons (Fsp3) is 0.333. The van der Waals surface area contributed by atoms with E-state index >= 15 is 0 Å². The van der Waals surface area contributed by atoms with Crippen molar-refractivity contribution in [2.24, 2.45) is 5.92 Å². The molecule has 11 heteroatoms. The first-order valence-corrected chi connectivity index (χ1v) is 10.4. The Morgan fingerprint density at radius 2 is 1.78 bits per heavy atom. The molecule has 1 amide bonds. The van der Waals surface area contributed by atoms with Crippen LogP contribution in [-0.4, -0.2) is 22.2 Å². The standard InChI is InChI=1S/C21H15Cl3F5NO2/c1-9-6-11(8-12(18(9)26)15(31)4-5-20(27,28)29)30-19(32)17-16(21(17,23)24)10-2-3-14(25)13(22)7-10/h2-3,6-8,16-17H,4-5H2,1H3,(H,30,32). The molecule has 1 aliphatic carbocycles. The summed E-state index contributed by atoms with van der Waals surface area (Å²) in [6.07, 6.45) is -6.90. The third kappa shape index (κ3) is 5.18. The Morgan fingerprint density at radius 1 is 1.12 bits per heavy atom. The van der Waals surface area contributed by atoms with Gasteiger partial charge in [-0.3, -0.25) is 9.59 Å². The fourth-order valence-corrected chi connectivity index (χ4v) is 4.45. The van der Waals surface area contributed by atoms with Gasteiger partial charge in [-0.15, -0.1) is 23.2 Å². The molecule has 1 fully saturated rings. The minimum absolute atomic E-state index is 0.00354. The maximum atomic E-state index is 14.3. The molecule has 0 bridgehead atoms. The Balaban J connectivity index is 1.79. The van der Waals surface area contributed by atoms with Crippen LogP contribution in [-0.2, 0) is 4.79 Å². The van der Waals surface area contributed by atoms with Crippen LogP contribution in [0.4, 0.5) is 27.6 Å². The molecule has 2 atom stereocenters. The van der Waals surface area contributed by atoms with Crippen LogP contribution >= 0.6 is 34.8 Å². The molecule has 2 unspecified atom stereocenters. The van der Waals surface area contributed by atoms with Crippen molar-refractivity contribution in [3.8, 4) is 0 Å². The van der Waals surface area contributed by atoms with E-state index in [0.717, 1.165) is 12.1 Å². The number of ketones is 1. The normalized spacial score (nSPS) is 19.5. The highest BCUT2D eigenvalue weighted by molar-refractivity contribution is 6.53. The van der Waals surface area contributed by atoms with Gasteiger partial charge in [-0.2, -0.15) is 13.2 Å². The van der Waals surface area contributed by atoms with Gasteiger partial charge in [-0.1, -0.05) is 17.7 Å². The lowest BCUT2D eigenvalue weighted by atomic mass is 10.0. The quantitative estimate of drug-likeness (QED) is 0.257. The van der Waals surface area contributed by atoms with Gasteiger partial charge in [-0.05, 0) is 42.3 Å². The zero-order valence-electron chi connectivity index (χ0n) is 16.3. The van der Waals surface area contributed by atoms with Crippen molar-refractivity contribution in [2.45, 2.75) is 36.2 Å². The maximum Gasteiger partial charge on any atom is 0.389 e. The van der Waals surface area contributed by atoms with Crippen LogP contribution in [0.2, 0.25) is 5.02 Å². The Morgan fingerprint density at radius 3 is 2.38 bits per heavy atom. The number of alkyl halides is 5. The van der Waals surface area contributed by atoms with E-state index in [9.17, 15) is 31.5 Å². The van der Waals surface area contributed by atoms with E-state index in [2.05, 4.69) is 5.32 Å². The van der Waals surface area contributed by atoms with Crippen LogP contribution in [0, 0.1) is 24.5 Å². The Kier molecular flexibility index (Phi) is 6.80. The number of hydrogen-bond donors (Lipinski definition) is 1. The average Bonchev–Trinajstić information content (AvgIpc) is 3.26. The molecule has 0 heterocycles. The molecule has 32 heavy (non-hydrogen) atoms. The van der Waals surface area contributed by atoms with Crippen LogP contribution in [0.15, 0.2) is 30.3 Å². The van der Waals surface area contributed by atoms with E-state index in [1.165, 1.54) is 25.1 Å². The number of halogens is 8. The minimum atomic E-state index is -4.57. The number of rotatable bonds is 6. The van der Waals surface area contributed by atoms with Crippen molar-refractivity contribution in [3.63, 3.8) is 0 Å². The van der Waals surface area contributed by atoms with Crippen molar-refractivity contribution in [1.82, 2.24) is 0 Å². The topological polar surface area (TPSA) is 46.2 Å². The van der Waals surface area contributed by atoms with Crippen molar-refractivity contribution in [1.29, 1.82) is 0 Å². The summed E-state index contributed by atoms with van der Waals surface area (Å²) in [6, 6.07) is 5.99. The maximum absolute atomic E-state index is 14.3. The smallest absolute Gasteiger partial charge is 0.326 e. The highest BCUT2D eigenvalue weighted by Crippen LogP contribution is 2.65. The van der Waals surface area contributed by atoms with E-state index in [1.807, 2.05) is 0 Å². The van der Waals surface area contributed by atoms with Crippen LogP contribution in [0.3, 0.4) is 0 Å². The SMILES string of the molecule is Cc1cc(NC(=O)C2C(c3ccc(F)c(Cl)c3)C2(Cl)Cl)cc(C(=O)CCC(F)(F)F)c1F. The number of amides is 1. The molecular formula is C21H15Cl3F5NO2. The number of carbonyl (C=O) groups excluding carboxylic acids is 2. The summed E-state index contributed by atoms with van der Waals surface area (Å²) in [7, 11) is 0. The second kappa shape index (κ2) is 8.80. The number of anilines is 1. The van der Waals surface area contributed by atoms with Crippen LogP contribution in [0.1, 0.15) is 40.2 Å². The number of Topliss-reactive ketones (excluding diaryl/α,β-unsaturated/α-hetero) is 1. The number of carbonyl (C=O) groups is 2. The molecule has 0 spiro atoms.